The van der Waals surface area contributed by atoms with Crippen molar-refractivity contribution in [3.63, 3.8) is 0 Å². The smallest absolute Gasteiger partial charge is 0.150 e. The van der Waals surface area contributed by atoms with Crippen LogP contribution in [0.1, 0.15) is 24.2 Å². The van der Waals surface area contributed by atoms with Gasteiger partial charge in [-0.05, 0) is 33.7 Å². The first kappa shape index (κ1) is 11.3. The van der Waals surface area contributed by atoms with Gasteiger partial charge in [0.25, 0.3) is 0 Å². The van der Waals surface area contributed by atoms with Gasteiger partial charge in [0.1, 0.15) is 0 Å². The van der Waals surface area contributed by atoms with Gasteiger partial charge in [-0.1, -0.05) is 0 Å². The molecule has 1 atom stereocenters. The molecule has 1 N–H and O–H groups in total. The highest BCUT2D eigenvalue weighted by Crippen LogP contribution is 2.25. The van der Waals surface area contributed by atoms with Crippen molar-refractivity contribution in [3.8, 4) is 0 Å². The lowest BCUT2D eigenvalue weighted by Gasteiger charge is -2.26. The molecule has 0 aliphatic carbocycles. The number of anilines is 1. The number of nitrogens with one attached hydrogen (secondary N) is 1. The lowest BCUT2D eigenvalue weighted by atomic mass is 10.2. The van der Waals surface area contributed by atoms with Gasteiger partial charge in [-0.15, -0.1) is 0 Å². The second-order valence-electron chi connectivity index (χ2n) is 4.47. The molecule has 4 heteroatoms. The minimum absolute atomic E-state index is 0.569. The fourth-order valence-electron chi connectivity index (χ4n) is 2.36. The van der Waals surface area contributed by atoms with Crippen LogP contribution in [0.3, 0.4) is 0 Å². The van der Waals surface area contributed by atoms with Crippen molar-refractivity contribution >= 4 is 5.82 Å². The summed E-state index contributed by atoms with van der Waals surface area (Å²) in [5.74, 6) is 1.07. The quantitative estimate of drug-likeness (QED) is 0.833. The highest BCUT2D eigenvalue weighted by molar-refractivity contribution is 5.45. The van der Waals surface area contributed by atoms with Crippen LogP contribution in [0.25, 0.3) is 0 Å². The number of nitrogens with zero attached hydrogens (tertiary/aromatic N) is 3. The van der Waals surface area contributed by atoms with Crippen LogP contribution >= 0.6 is 0 Å². The van der Waals surface area contributed by atoms with E-state index in [9.17, 15) is 0 Å². The number of aryl methyl sites for hydroxylation is 2. The van der Waals surface area contributed by atoms with Crippen molar-refractivity contribution in [2.45, 2.75) is 32.7 Å². The molecule has 1 unspecified atom stereocenters. The molecule has 1 fully saturated rings. The Bertz CT molecular complexity index is 364. The molecule has 2 heterocycles. The van der Waals surface area contributed by atoms with Gasteiger partial charge < -0.3 is 10.2 Å². The maximum absolute atomic E-state index is 4.62. The minimum atomic E-state index is 0.569. The fraction of sp³-hybridized carbons (Fsp3) is 0.667. The highest BCUT2D eigenvalue weighted by atomic mass is 15.2. The van der Waals surface area contributed by atoms with Crippen LogP contribution in [0.15, 0.2) is 6.20 Å². The largest absolute Gasteiger partial charge is 0.351 e. The van der Waals surface area contributed by atoms with Crippen LogP contribution in [0.2, 0.25) is 0 Å². The third-order valence-corrected chi connectivity index (χ3v) is 3.14. The Labute approximate surface area is 97.1 Å². The second-order valence-corrected chi connectivity index (χ2v) is 4.47. The summed E-state index contributed by atoms with van der Waals surface area (Å²) >= 11 is 0. The van der Waals surface area contributed by atoms with Gasteiger partial charge in [-0.25, -0.2) is 4.98 Å². The van der Waals surface area contributed by atoms with E-state index in [1.165, 1.54) is 12.8 Å². The van der Waals surface area contributed by atoms with Crippen LogP contribution < -0.4 is 10.2 Å². The number of hydrogen-bond donors (Lipinski definition) is 1. The van der Waals surface area contributed by atoms with Crippen molar-refractivity contribution in [2.24, 2.45) is 0 Å². The van der Waals surface area contributed by atoms with E-state index in [0.29, 0.717) is 6.04 Å². The minimum Gasteiger partial charge on any atom is -0.351 e. The molecule has 0 amide bonds. The molecule has 1 aromatic heterocycles. The van der Waals surface area contributed by atoms with Crippen LogP contribution in [-0.2, 0) is 0 Å². The predicted molar refractivity (Wildman–Crippen MR) is 65.8 cm³/mol. The molecule has 1 saturated heterocycles. The van der Waals surface area contributed by atoms with Crippen molar-refractivity contribution in [3.05, 3.63) is 17.6 Å². The summed E-state index contributed by atoms with van der Waals surface area (Å²) in [6, 6.07) is 0.569. The first-order chi connectivity index (χ1) is 7.72. The van der Waals surface area contributed by atoms with E-state index >= 15 is 0 Å². The first-order valence-electron chi connectivity index (χ1n) is 5.94. The lowest BCUT2D eigenvalue weighted by molar-refractivity contribution is 0.609. The number of aromatic nitrogens is 2. The lowest BCUT2D eigenvalue weighted by Crippen LogP contribution is -2.37. The molecule has 1 aromatic rings. The Kier molecular flexibility index (Phi) is 3.39. The molecule has 0 spiro atoms. The zero-order chi connectivity index (χ0) is 11.5. The standard InChI is InChI=1S/C12H20N4/c1-9-7-14-10(2)12(15-9)16-6-4-5-11(16)8-13-3/h7,11,13H,4-6,8H2,1-3H3. The van der Waals surface area contributed by atoms with Crippen LogP contribution in [0.4, 0.5) is 5.82 Å². The molecule has 16 heavy (non-hydrogen) atoms. The topological polar surface area (TPSA) is 41.0 Å². The molecule has 88 valence electrons. The van der Waals surface area contributed by atoms with Gasteiger partial charge in [0.2, 0.25) is 0 Å². The Morgan fingerprint density at radius 2 is 2.31 bits per heavy atom. The zero-order valence-electron chi connectivity index (χ0n) is 10.3. The monoisotopic (exact) mass is 220 g/mol. The molecule has 2 rings (SSSR count). The molecule has 0 bridgehead atoms. The van der Waals surface area contributed by atoms with Crippen molar-refractivity contribution in [1.29, 1.82) is 0 Å². The molecule has 0 radical (unpaired) electrons. The van der Waals surface area contributed by atoms with Crippen LogP contribution in [0, 0.1) is 13.8 Å². The summed E-state index contributed by atoms with van der Waals surface area (Å²) in [5.41, 5.74) is 2.03. The Morgan fingerprint density at radius 1 is 1.50 bits per heavy atom. The van der Waals surface area contributed by atoms with Gasteiger partial charge in [0.15, 0.2) is 5.82 Å². The number of rotatable bonds is 3. The Morgan fingerprint density at radius 3 is 3.06 bits per heavy atom. The molecular weight excluding hydrogens is 200 g/mol. The maximum atomic E-state index is 4.62. The highest BCUT2D eigenvalue weighted by Gasteiger charge is 2.26. The van der Waals surface area contributed by atoms with Gasteiger partial charge in [0, 0.05) is 25.3 Å². The predicted octanol–water partition coefficient (Wildman–Crippen LogP) is 1.28. The van der Waals surface area contributed by atoms with E-state index in [1.807, 2.05) is 27.1 Å². The third kappa shape index (κ3) is 2.16. The van der Waals surface area contributed by atoms with E-state index < -0.39 is 0 Å². The van der Waals surface area contributed by atoms with Gasteiger partial charge in [0.05, 0.1) is 11.4 Å². The normalized spacial score (nSPS) is 20.4. The fourth-order valence-corrected chi connectivity index (χ4v) is 2.36. The Hall–Kier alpha value is -1.16. The average Bonchev–Trinajstić information content (AvgIpc) is 2.70. The first-order valence-corrected chi connectivity index (χ1v) is 5.94. The molecule has 1 aliphatic rings. The number of likely N-dealkylation sites (N-methyl/N-ethyl adjacent to an activating group) is 1. The molecule has 0 aromatic carbocycles. The summed E-state index contributed by atoms with van der Waals surface area (Å²) in [6.45, 7) is 6.16. The summed E-state index contributed by atoms with van der Waals surface area (Å²) in [5, 5.41) is 3.25. The van der Waals surface area contributed by atoms with E-state index in [-0.39, 0.29) is 0 Å². The zero-order valence-corrected chi connectivity index (χ0v) is 10.3. The van der Waals surface area contributed by atoms with E-state index in [1.54, 1.807) is 0 Å². The average molecular weight is 220 g/mol. The van der Waals surface area contributed by atoms with E-state index in [4.69, 9.17) is 0 Å². The van der Waals surface area contributed by atoms with Gasteiger partial charge in [-0.2, -0.15) is 0 Å². The van der Waals surface area contributed by atoms with Crippen molar-refractivity contribution in [2.75, 3.05) is 25.0 Å². The molecular formula is C12H20N4. The van der Waals surface area contributed by atoms with E-state index in [2.05, 4.69) is 20.2 Å². The van der Waals surface area contributed by atoms with E-state index in [0.717, 1.165) is 30.3 Å². The SMILES string of the molecule is CNCC1CCCN1c1nc(C)cnc1C. The van der Waals surface area contributed by atoms with Crippen molar-refractivity contribution < 1.29 is 0 Å². The molecule has 1 aliphatic heterocycles. The summed E-state index contributed by atoms with van der Waals surface area (Å²) in [7, 11) is 2.01. The van der Waals surface area contributed by atoms with Crippen LogP contribution in [0.5, 0.6) is 0 Å². The van der Waals surface area contributed by atoms with Crippen LogP contribution in [-0.4, -0.2) is 36.1 Å². The maximum Gasteiger partial charge on any atom is 0.150 e. The van der Waals surface area contributed by atoms with Crippen molar-refractivity contribution in [1.82, 2.24) is 15.3 Å². The summed E-state index contributed by atoms with van der Waals surface area (Å²) < 4.78 is 0. The Balaban J connectivity index is 2.25. The summed E-state index contributed by atoms with van der Waals surface area (Å²) in [4.78, 5) is 11.4. The number of hydrogen-bond acceptors (Lipinski definition) is 4. The van der Waals surface area contributed by atoms with Gasteiger partial charge in [-0.3, -0.25) is 4.98 Å². The second kappa shape index (κ2) is 4.78. The van der Waals surface area contributed by atoms with Gasteiger partial charge >= 0.3 is 0 Å². The summed E-state index contributed by atoms with van der Waals surface area (Å²) in [6.07, 6.45) is 4.33. The molecule has 4 nitrogen and oxygen atoms in total. The third-order valence-electron chi connectivity index (χ3n) is 3.14. The molecule has 0 saturated carbocycles.